The number of hydrogen-bond donors (Lipinski definition) is 1. The Morgan fingerprint density at radius 2 is 2.24 bits per heavy atom. The number of aromatic nitrogens is 1. The highest BCUT2D eigenvalue weighted by Crippen LogP contribution is 2.08. The Hall–Kier alpha value is -1.39. The molecule has 0 radical (unpaired) electrons. The zero-order chi connectivity index (χ0) is 11.2. The zero-order valence-corrected chi connectivity index (χ0v) is 10.8. The third-order valence-electron chi connectivity index (χ3n) is 2.16. The Morgan fingerprint density at radius 1 is 1.35 bits per heavy atom. The molecule has 5 heteroatoms. The molecule has 0 aliphatic rings. The highest BCUT2D eigenvalue weighted by Gasteiger charge is 2.03. The lowest BCUT2D eigenvalue weighted by Gasteiger charge is -2.03. The Kier molecular flexibility index (Phi) is 5.66. The normalized spacial score (nSPS) is 9.41. The van der Waals surface area contributed by atoms with Gasteiger partial charge < -0.3 is 5.32 Å². The van der Waals surface area contributed by atoms with E-state index in [0.29, 0.717) is 12.1 Å². The van der Waals surface area contributed by atoms with Crippen molar-refractivity contribution in [3.8, 4) is 0 Å². The third kappa shape index (κ3) is 4.17. The molecule has 0 saturated heterocycles. The minimum Gasteiger partial charge on any atom is -0.352 e. The summed E-state index contributed by atoms with van der Waals surface area (Å²) in [5.41, 5.74) is 0.605. The number of carbonyl (C=O) groups excluding carboxylic acids is 1. The molecule has 2 rings (SSSR count). The molecule has 1 amide bonds. The summed E-state index contributed by atoms with van der Waals surface area (Å²) in [5.74, 6) is -0.0651. The van der Waals surface area contributed by atoms with E-state index in [1.807, 2.05) is 11.4 Å². The summed E-state index contributed by atoms with van der Waals surface area (Å²) >= 11 is 1.71. The second-order valence-electron chi connectivity index (χ2n) is 3.33. The molecule has 0 fully saturated rings. The standard InChI is InChI=1S/C12H12N2OS.ClH/c15-12(10-3-1-6-13-9-10)14-7-5-11-4-2-8-16-11;/h1-4,6,8-9H,5,7H2,(H,14,15);1H. The molecule has 0 saturated carbocycles. The Labute approximate surface area is 110 Å². The predicted molar refractivity (Wildman–Crippen MR) is 71.8 cm³/mol. The van der Waals surface area contributed by atoms with E-state index in [2.05, 4.69) is 16.4 Å². The topological polar surface area (TPSA) is 42.0 Å². The second-order valence-corrected chi connectivity index (χ2v) is 4.36. The fourth-order valence-electron chi connectivity index (χ4n) is 1.35. The van der Waals surface area contributed by atoms with E-state index in [1.54, 1.807) is 35.9 Å². The maximum absolute atomic E-state index is 11.6. The van der Waals surface area contributed by atoms with Crippen molar-refractivity contribution in [2.24, 2.45) is 0 Å². The summed E-state index contributed by atoms with van der Waals surface area (Å²) in [5, 5.41) is 4.90. The van der Waals surface area contributed by atoms with Crippen molar-refractivity contribution >= 4 is 29.7 Å². The Balaban J connectivity index is 0.00000144. The number of nitrogens with zero attached hydrogens (tertiary/aromatic N) is 1. The summed E-state index contributed by atoms with van der Waals surface area (Å²) in [7, 11) is 0. The smallest absolute Gasteiger partial charge is 0.252 e. The maximum Gasteiger partial charge on any atom is 0.252 e. The number of amides is 1. The summed E-state index contributed by atoms with van der Waals surface area (Å²) < 4.78 is 0. The quantitative estimate of drug-likeness (QED) is 0.926. The molecule has 3 nitrogen and oxygen atoms in total. The number of pyridine rings is 1. The van der Waals surface area contributed by atoms with Crippen LogP contribution in [0.1, 0.15) is 15.2 Å². The van der Waals surface area contributed by atoms with Crippen LogP contribution in [0.2, 0.25) is 0 Å². The van der Waals surface area contributed by atoms with Crippen molar-refractivity contribution in [3.05, 3.63) is 52.5 Å². The molecule has 0 aromatic carbocycles. The van der Waals surface area contributed by atoms with Gasteiger partial charge in [0.1, 0.15) is 0 Å². The maximum atomic E-state index is 11.6. The van der Waals surface area contributed by atoms with E-state index >= 15 is 0 Å². The molecule has 2 aromatic rings. The van der Waals surface area contributed by atoms with Crippen LogP contribution in [-0.2, 0) is 6.42 Å². The van der Waals surface area contributed by atoms with Gasteiger partial charge in [0, 0.05) is 23.8 Å². The first-order valence-electron chi connectivity index (χ1n) is 5.07. The SMILES string of the molecule is Cl.O=C(NCCc1cccs1)c1cccnc1. The molecule has 0 atom stereocenters. The first kappa shape index (κ1) is 13.7. The van der Waals surface area contributed by atoms with Crippen molar-refractivity contribution in [2.45, 2.75) is 6.42 Å². The first-order chi connectivity index (χ1) is 7.86. The van der Waals surface area contributed by atoms with E-state index in [-0.39, 0.29) is 18.3 Å². The van der Waals surface area contributed by atoms with Crippen LogP contribution in [0.4, 0.5) is 0 Å². The van der Waals surface area contributed by atoms with Gasteiger partial charge in [0.15, 0.2) is 0 Å². The van der Waals surface area contributed by atoms with Crippen LogP contribution in [0.25, 0.3) is 0 Å². The summed E-state index contributed by atoms with van der Waals surface area (Å²) in [6.07, 6.45) is 4.10. The fraction of sp³-hybridized carbons (Fsp3) is 0.167. The van der Waals surface area contributed by atoms with Gasteiger partial charge in [-0.1, -0.05) is 6.07 Å². The van der Waals surface area contributed by atoms with Gasteiger partial charge in [-0.3, -0.25) is 9.78 Å². The first-order valence-corrected chi connectivity index (χ1v) is 5.95. The minimum absolute atomic E-state index is 0. The molecule has 90 valence electrons. The number of rotatable bonds is 4. The number of nitrogens with one attached hydrogen (secondary N) is 1. The van der Waals surface area contributed by atoms with Crippen LogP contribution in [-0.4, -0.2) is 17.4 Å². The van der Waals surface area contributed by atoms with E-state index in [0.717, 1.165) is 6.42 Å². The molecule has 2 aromatic heterocycles. The Morgan fingerprint density at radius 3 is 2.88 bits per heavy atom. The van der Waals surface area contributed by atoms with Crippen molar-refractivity contribution in [3.63, 3.8) is 0 Å². The van der Waals surface area contributed by atoms with Gasteiger partial charge >= 0.3 is 0 Å². The van der Waals surface area contributed by atoms with E-state index in [4.69, 9.17) is 0 Å². The number of halogens is 1. The minimum atomic E-state index is -0.0651. The lowest BCUT2D eigenvalue weighted by molar-refractivity contribution is 0.0954. The average molecular weight is 269 g/mol. The molecule has 0 bridgehead atoms. The molecule has 2 heterocycles. The molecule has 0 unspecified atom stereocenters. The predicted octanol–water partition coefficient (Wildman–Crippen LogP) is 2.54. The largest absolute Gasteiger partial charge is 0.352 e. The molecule has 17 heavy (non-hydrogen) atoms. The van der Waals surface area contributed by atoms with Gasteiger partial charge in [0.2, 0.25) is 0 Å². The van der Waals surface area contributed by atoms with Crippen LogP contribution in [0, 0.1) is 0 Å². The molecule has 0 aliphatic heterocycles. The zero-order valence-electron chi connectivity index (χ0n) is 9.13. The van der Waals surface area contributed by atoms with Gasteiger partial charge in [-0.15, -0.1) is 23.7 Å². The van der Waals surface area contributed by atoms with Crippen LogP contribution >= 0.6 is 23.7 Å². The van der Waals surface area contributed by atoms with E-state index < -0.39 is 0 Å². The van der Waals surface area contributed by atoms with Crippen LogP contribution in [0.15, 0.2) is 42.0 Å². The average Bonchev–Trinajstić information content (AvgIpc) is 2.83. The van der Waals surface area contributed by atoms with E-state index in [9.17, 15) is 4.79 Å². The number of carbonyl (C=O) groups is 1. The number of hydrogen-bond acceptors (Lipinski definition) is 3. The van der Waals surface area contributed by atoms with Crippen molar-refractivity contribution in [2.75, 3.05) is 6.54 Å². The van der Waals surface area contributed by atoms with Crippen molar-refractivity contribution in [1.82, 2.24) is 10.3 Å². The molecular weight excluding hydrogens is 256 g/mol. The molecule has 1 N–H and O–H groups in total. The molecular formula is C12H13ClN2OS. The van der Waals surface area contributed by atoms with E-state index in [1.165, 1.54) is 4.88 Å². The third-order valence-corrected chi connectivity index (χ3v) is 3.10. The fourth-order valence-corrected chi connectivity index (χ4v) is 2.06. The van der Waals surface area contributed by atoms with Gasteiger partial charge in [0.05, 0.1) is 5.56 Å². The van der Waals surface area contributed by atoms with Crippen molar-refractivity contribution < 1.29 is 4.79 Å². The monoisotopic (exact) mass is 268 g/mol. The highest BCUT2D eigenvalue weighted by molar-refractivity contribution is 7.09. The lowest BCUT2D eigenvalue weighted by Crippen LogP contribution is -2.25. The van der Waals surface area contributed by atoms with Gasteiger partial charge in [0.25, 0.3) is 5.91 Å². The molecule has 0 aliphatic carbocycles. The summed E-state index contributed by atoms with van der Waals surface area (Å²) in [4.78, 5) is 16.8. The lowest BCUT2D eigenvalue weighted by atomic mass is 10.2. The highest BCUT2D eigenvalue weighted by atomic mass is 35.5. The summed E-state index contributed by atoms with van der Waals surface area (Å²) in [6, 6.07) is 7.60. The van der Waals surface area contributed by atoms with Crippen molar-refractivity contribution in [1.29, 1.82) is 0 Å². The van der Waals surface area contributed by atoms with Crippen LogP contribution in [0.5, 0.6) is 0 Å². The van der Waals surface area contributed by atoms with Crippen LogP contribution < -0.4 is 5.32 Å². The second kappa shape index (κ2) is 7.04. The van der Waals surface area contributed by atoms with Gasteiger partial charge in [-0.25, -0.2) is 0 Å². The van der Waals surface area contributed by atoms with Crippen LogP contribution in [0.3, 0.4) is 0 Å². The Bertz CT molecular complexity index is 445. The molecule has 0 spiro atoms. The number of thiophene rings is 1. The van der Waals surface area contributed by atoms with Gasteiger partial charge in [-0.05, 0) is 30.0 Å². The van der Waals surface area contributed by atoms with Gasteiger partial charge in [-0.2, -0.15) is 0 Å². The summed E-state index contributed by atoms with van der Waals surface area (Å²) in [6.45, 7) is 0.661.